The van der Waals surface area contributed by atoms with Crippen molar-refractivity contribution in [1.29, 1.82) is 0 Å². The first kappa shape index (κ1) is 22.4. The molecule has 2 aromatic rings. The van der Waals surface area contributed by atoms with Crippen LogP contribution in [0.1, 0.15) is 27.7 Å². The average molecular weight is 406 g/mol. The third kappa shape index (κ3) is 6.03. The molecule has 0 heterocycles. The van der Waals surface area contributed by atoms with Crippen LogP contribution in [0.5, 0.6) is 0 Å². The Bertz CT molecular complexity index is 968. The van der Waals surface area contributed by atoms with Crippen molar-refractivity contribution in [3.05, 3.63) is 71.4 Å². The molecule has 0 aliphatic rings. The lowest BCUT2D eigenvalue weighted by atomic mass is 10.1. The number of carbonyl (C=O) groups is 2. The summed E-state index contributed by atoms with van der Waals surface area (Å²) in [5, 5.41) is 34.5. The molecule has 2 aromatic carbocycles. The minimum absolute atomic E-state index is 0.0806. The van der Waals surface area contributed by atoms with E-state index in [0.29, 0.717) is 11.4 Å². The van der Waals surface area contributed by atoms with Crippen LogP contribution >= 0.6 is 0 Å². The van der Waals surface area contributed by atoms with E-state index in [1.54, 1.807) is 24.3 Å². The zero-order chi connectivity index (χ0) is 22.3. The van der Waals surface area contributed by atoms with Gasteiger partial charge in [-0.05, 0) is 49.2 Å². The molecule has 2 rings (SSSR count). The number of hydrogen-bond acceptors (Lipinski definition) is 8. The van der Waals surface area contributed by atoms with E-state index in [1.807, 2.05) is 24.3 Å². The molecule has 0 saturated heterocycles. The molecule has 0 amide bonds. The molecule has 0 saturated carbocycles. The maximum atomic E-state index is 11.4. The number of aliphatic hydroxyl groups excluding tert-OH is 2. The largest absolute Gasteiger partial charge is 0.510 e. The van der Waals surface area contributed by atoms with E-state index >= 15 is 0 Å². The summed E-state index contributed by atoms with van der Waals surface area (Å²) in [6.45, 7) is 5.37. The highest BCUT2D eigenvalue weighted by Gasteiger charge is 2.08. The van der Waals surface area contributed by atoms with Gasteiger partial charge >= 0.3 is 0 Å². The second kappa shape index (κ2) is 10.0. The van der Waals surface area contributed by atoms with Gasteiger partial charge in [-0.25, -0.2) is 0 Å². The Labute approximate surface area is 174 Å². The van der Waals surface area contributed by atoms with E-state index in [-0.39, 0.29) is 34.5 Å². The van der Waals surface area contributed by atoms with Gasteiger partial charge in [0.05, 0.1) is 11.4 Å². The van der Waals surface area contributed by atoms with Gasteiger partial charge in [-0.2, -0.15) is 10.2 Å². The summed E-state index contributed by atoms with van der Waals surface area (Å²) in [6.07, 6.45) is 0. The minimum Gasteiger partial charge on any atom is -0.510 e. The fourth-order valence-corrected chi connectivity index (χ4v) is 2.45. The summed E-state index contributed by atoms with van der Waals surface area (Å²) in [5.41, 5.74) is 2.76. The van der Waals surface area contributed by atoms with E-state index in [1.165, 1.54) is 27.7 Å². The zero-order valence-electron chi connectivity index (χ0n) is 17.1. The van der Waals surface area contributed by atoms with Crippen molar-refractivity contribution in [3.8, 4) is 11.1 Å². The number of allylic oxidation sites excluding steroid dienone is 4. The molecular weight excluding hydrogens is 384 g/mol. The molecule has 0 aliphatic heterocycles. The average Bonchev–Trinajstić information content (AvgIpc) is 2.68. The van der Waals surface area contributed by atoms with E-state index in [4.69, 9.17) is 0 Å². The normalized spacial score (nSPS) is 13.3. The zero-order valence-corrected chi connectivity index (χ0v) is 17.1. The summed E-state index contributed by atoms with van der Waals surface area (Å²) in [4.78, 5) is 22.8. The van der Waals surface area contributed by atoms with E-state index in [0.717, 1.165) is 11.1 Å². The molecule has 0 aliphatic carbocycles. The topological polar surface area (TPSA) is 124 Å². The summed E-state index contributed by atoms with van der Waals surface area (Å²) in [7, 11) is 0. The van der Waals surface area contributed by atoms with Gasteiger partial charge in [-0.1, -0.05) is 24.3 Å². The highest BCUT2D eigenvalue weighted by Crippen LogP contribution is 2.26. The molecule has 0 unspecified atom stereocenters. The quantitative estimate of drug-likeness (QED) is 0.319. The van der Waals surface area contributed by atoms with Crippen molar-refractivity contribution in [1.82, 2.24) is 0 Å². The predicted octanol–water partition coefficient (Wildman–Crippen LogP) is 6.28. The maximum absolute atomic E-state index is 11.4. The molecule has 0 fully saturated rings. The van der Waals surface area contributed by atoms with Crippen LogP contribution in [0, 0.1) is 0 Å². The second-order valence-electron chi connectivity index (χ2n) is 6.47. The smallest absolute Gasteiger partial charge is 0.183 e. The van der Waals surface area contributed by atoms with Crippen molar-refractivity contribution in [2.45, 2.75) is 27.7 Å². The van der Waals surface area contributed by atoms with Crippen molar-refractivity contribution in [3.63, 3.8) is 0 Å². The van der Waals surface area contributed by atoms with Crippen LogP contribution in [0.3, 0.4) is 0 Å². The Morgan fingerprint density at radius 2 is 0.900 bits per heavy atom. The van der Waals surface area contributed by atoms with Crippen molar-refractivity contribution in [2.24, 2.45) is 20.5 Å². The standard InChI is InChI=1S/C22H22N4O4/c1-13(27)21(14(2)28)25-23-19-9-5-17(6-10-19)18-7-11-20(12-8-18)24-26-22(15(3)29)16(4)30/h5-12,27,29H,1-4H3/b21-13+,22-15+,25-23?,26-24?. The number of ketones is 2. The van der Waals surface area contributed by atoms with Gasteiger partial charge < -0.3 is 10.2 Å². The molecule has 8 nitrogen and oxygen atoms in total. The van der Waals surface area contributed by atoms with Gasteiger partial charge in [0.2, 0.25) is 0 Å². The number of aliphatic hydroxyl groups is 2. The third-order valence-electron chi connectivity index (χ3n) is 3.95. The van der Waals surface area contributed by atoms with Gasteiger partial charge in [0.15, 0.2) is 23.0 Å². The molecule has 0 atom stereocenters. The lowest BCUT2D eigenvalue weighted by Crippen LogP contribution is -1.96. The Balaban J connectivity index is 2.16. The molecule has 0 aromatic heterocycles. The number of benzene rings is 2. The van der Waals surface area contributed by atoms with Crippen molar-refractivity contribution < 1.29 is 19.8 Å². The van der Waals surface area contributed by atoms with Crippen LogP contribution in [0.2, 0.25) is 0 Å². The van der Waals surface area contributed by atoms with Gasteiger partial charge in [0, 0.05) is 13.8 Å². The number of azo groups is 2. The molecule has 2 N–H and O–H groups in total. The monoisotopic (exact) mass is 406 g/mol. The summed E-state index contributed by atoms with van der Waals surface area (Å²) in [6, 6.07) is 14.4. The molecule has 0 bridgehead atoms. The van der Waals surface area contributed by atoms with Crippen LogP contribution in [0.15, 0.2) is 91.9 Å². The number of nitrogens with zero attached hydrogens (tertiary/aromatic N) is 4. The van der Waals surface area contributed by atoms with E-state index < -0.39 is 0 Å². The highest BCUT2D eigenvalue weighted by atomic mass is 16.3. The first-order valence-electron chi connectivity index (χ1n) is 9.04. The van der Waals surface area contributed by atoms with Crippen LogP contribution < -0.4 is 0 Å². The first-order chi connectivity index (χ1) is 14.2. The van der Waals surface area contributed by atoms with Crippen LogP contribution in [0.25, 0.3) is 11.1 Å². The van der Waals surface area contributed by atoms with Gasteiger partial charge in [0.1, 0.15) is 11.5 Å². The SMILES string of the molecule is CC(=O)/C(N=Nc1ccc(-c2ccc(N=N/C(C(C)=O)=C(\C)O)cc2)cc1)=C(/C)O. The lowest BCUT2D eigenvalue weighted by molar-refractivity contribution is -0.114. The number of hydrogen-bond donors (Lipinski definition) is 2. The van der Waals surface area contributed by atoms with Gasteiger partial charge in [-0.15, -0.1) is 10.2 Å². The predicted molar refractivity (Wildman–Crippen MR) is 113 cm³/mol. The molecule has 8 heteroatoms. The summed E-state index contributed by atoms with van der Waals surface area (Å²) < 4.78 is 0. The molecular formula is C22H22N4O4. The van der Waals surface area contributed by atoms with Gasteiger partial charge in [-0.3, -0.25) is 9.59 Å². The molecule has 0 spiro atoms. The van der Waals surface area contributed by atoms with Crippen molar-refractivity contribution in [2.75, 3.05) is 0 Å². The molecule has 0 radical (unpaired) electrons. The highest BCUT2D eigenvalue weighted by molar-refractivity contribution is 5.93. The Hall–Kier alpha value is -3.94. The summed E-state index contributed by atoms with van der Waals surface area (Å²) in [5.74, 6) is -1.10. The number of rotatable bonds is 7. The third-order valence-corrected chi connectivity index (χ3v) is 3.95. The molecule has 154 valence electrons. The number of carbonyl (C=O) groups excluding carboxylic acids is 2. The fraction of sp³-hybridized carbons (Fsp3) is 0.182. The van der Waals surface area contributed by atoms with Crippen LogP contribution in [-0.4, -0.2) is 21.8 Å². The van der Waals surface area contributed by atoms with Gasteiger partial charge in [0.25, 0.3) is 0 Å². The minimum atomic E-state index is -0.368. The van der Waals surface area contributed by atoms with Crippen molar-refractivity contribution >= 4 is 22.9 Å². The first-order valence-corrected chi connectivity index (χ1v) is 9.04. The Morgan fingerprint density at radius 3 is 1.13 bits per heavy atom. The van der Waals surface area contributed by atoms with Crippen LogP contribution in [0.4, 0.5) is 11.4 Å². The van der Waals surface area contributed by atoms with E-state index in [2.05, 4.69) is 20.5 Å². The van der Waals surface area contributed by atoms with Crippen LogP contribution in [-0.2, 0) is 9.59 Å². The lowest BCUT2D eigenvalue weighted by Gasteiger charge is -2.03. The number of Topliss-reactive ketones (excluding diaryl/α,β-unsaturated/α-hetero) is 2. The molecule has 30 heavy (non-hydrogen) atoms. The Kier molecular flexibility index (Phi) is 7.46. The second-order valence-corrected chi connectivity index (χ2v) is 6.47. The van der Waals surface area contributed by atoms with E-state index in [9.17, 15) is 19.8 Å². The summed E-state index contributed by atoms with van der Waals surface area (Å²) >= 11 is 0. The Morgan fingerprint density at radius 1 is 0.600 bits per heavy atom. The fourth-order valence-electron chi connectivity index (χ4n) is 2.45. The maximum Gasteiger partial charge on any atom is 0.183 e.